The molecule has 2 aliphatic rings. The molecule has 7 heteroatoms. The number of fused-ring (bicyclic) bond motifs is 2. The van der Waals surface area contributed by atoms with Crippen LogP contribution in [0.25, 0.3) is 0 Å². The van der Waals surface area contributed by atoms with Crippen LogP contribution in [0.15, 0.2) is 42.6 Å². The maximum atomic E-state index is 13.1. The van der Waals surface area contributed by atoms with Gasteiger partial charge in [-0.2, -0.15) is 17.0 Å². The number of rotatable bonds is 6. The van der Waals surface area contributed by atoms with E-state index in [0.717, 1.165) is 43.1 Å². The standard InChI is InChI=1S/C23H25FN4OS/c1-16(18-3-5-19(24)6-4-18)30-11-10-23(29)27-14-20-7-8-21(15-27)28(20)22-9-2-17(12-25)13-26-22/h2-6,9,13,16,20-21H,7-8,10-11,14-15H2,1H3/t16?,20-,21?/m0/s1. The molecule has 0 spiro atoms. The number of piperazine rings is 1. The maximum absolute atomic E-state index is 13.1. The zero-order valence-electron chi connectivity index (χ0n) is 17.0. The molecule has 2 fully saturated rings. The smallest absolute Gasteiger partial charge is 0.223 e. The number of hydrogen-bond acceptors (Lipinski definition) is 5. The van der Waals surface area contributed by atoms with Gasteiger partial charge in [-0.1, -0.05) is 12.1 Å². The largest absolute Gasteiger partial charge is 0.347 e. The molecule has 156 valence electrons. The second kappa shape index (κ2) is 9.05. The molecule has 4 rings (SSSR count). The topological polar surface area (TPSA) is 60.2 Å². The van der Waals surface area contributed by atoms with Gasteiger partial charge in [-0.25, -0.2) is 9.37 Å². The van der Waals surface area contributed by atoms with Crippen LogP contribution in [0.4, 0.5) is 10.2 Å². The summed E-state index contributed by atoms with van der Waals surface area (Å²) in [6, 6.07) is 13.0. The SMILES string of the molecule is CC(SCCC(=O)N1CC2CC[C@@H](C1)N2c1ccc(C#N)cn1)c1ccc(F)cc1. The van der Waals surface area contributed by atoms with Crippen molar-refractivity contribution in [3.05, 3.63) is 59.5 Å². The lowest BCUT2D eigenvalue weighted by molar-refractivity contribution is -0.131. The molecule has 0 radical (unpaired) electrons. The van der Waals surface area contributed by atoms with Gasteiger partial charge >= 0.3 is 0 Å². The van der Waals surface area contributed by atoms with Crippen molar-refractivity contribution >= 4 is 23.5 Å². The summed E-state index contributed by atoms with van der Waals surface area (Å²) >= 11 is 1.73. The molecule has 1 aromatic carbocycles. The monoisotopic (exact) mass is 424 g/mol. The Balaban J connectivity index is 1.29. The number of pyridine rings is 1. The molecule has 30 heavy (non-hydrogen) atoms. The third-order valence-corrected chi connectivity index (χ3v) is 7.21. The van der Waals surface area contributed by atoms with Gasteiger partial charge in [0.2, 0.25) is 5.91 Å². The molecule has 5 nitrogen and oxygen atoms in total. The van der Waals surface area contributed by atoms with Crippen molar-refractivity contribution in [3.63, 3.8) is 0 Å². The van der Waals surface area contributed by atoms with Gasteiger partial charge in [-0.15, -0.1) is 0 Å². The van der Waals surface area contributed by atoms with Crippen LogP contribution in [0.5, 0.6) is 0 Å². The molecule has 3 atom stereocenters. The molecule has 0 saturated carbocycles. The average molecular weight is 425 g/mol. The number of carbonyl (C=O) groups excluding carboxylic acids is 1. The van der Waals surface area contributed by atoms with E-state index in [0.29, 0.717) is 24.1 Å². The summed E-state index contributed by atoms with van der Waals surface area (Å²) in [6.45, 7) is 3.55. The molecule has 1 aromatic heterocycles. The quantitative estimate of drug-likeness (QED) is 0.697. The van der Waals surface area contributed by atoms with E-state index < -0.39 is 0 Å². The Morgan fingerprint density at radius 2 is 1.93 bits per heavy atom. The molecular weight excluding hydrogens is 399 g/mol. The minimum absolute atomic E-state index is 0.207. The van der Waals surface area contributed by atoms with Crippen molar-refractivity contribution in [2.45, 2.75) is 43.5 Å². The molecule has 2 bridgehead atoms. The first-order valence-electron chi connectivity index (χ1n) is 10.3. The van der Waals surface area contributed by atoms with Gasteiger partial charge in [0.15, 0.2) is 0 Å². The zero-order chi connectivity index (χ0) is 21.1. The molecule has 0 N–H and O–H groups in total. The van der Waals surface area contributed by atoms with Crippen LogP contribution in [0, 0.1) is 17.1 Å². The van der Waals surface area contributed by atoms with E-state index in [9.17, 15) is 9.18 Å². The number of carbonyl (C=O) groups is 1. The van der Waals surface area contributed by atoms with Crippen LogP contribution in [0.1, 0.15) is 42.6 Å². The van der Waals surface area contributed by atoms with E-state index in [1.54, 1.807) is 24.0 Å². The highest BCUT2D eigenvalue weighted by Gasteiger charge is 2.41. The van der Waals surface area contributed by atoms with Crippen molar-refractivity contribution in [3.8, 4) is 6.07 Å². The van der Waals surface area contributed by atoms with Crippen LogP contribution in [0.3, 0.4) is 0 Å². The van der Waals surface area contributed by atoms with Crippen LogP contribution in [-0.2, 0) is 4.79 Å². The molecule has 3 heterocycles. The van der Waals surface area contributed by atoms with E-state index in [-0.39, 0.29) is 17.0 Å². The molecule has 2 aliphatic heterocycles. The van der Waals surface area contributed by atoms with E-state index in [1.165, 1.54) is 12.1 Å². The number of likely N-dealkylation sites (tertiary alicyclic amines) is 1. The normalized spacial score (nSPS) is 21.4. The number of nitriles is 1. The van der Waals surface area contributed by atoms with E-state index in [1.807, 2.05) is 23.1 Å². The fraction of sp³-hybridized carbons (Fsp3) is 0.435. The molecule has 2 aromatic rings. The first kappa shape index (κ1) is 20.7. The fourth-order valence-corrected chi connectivity index (χ4v) is 5.39. The Morgan fingerprint density at radius 1 is 1.23 bits per heavy atom. The zero-order valence-corrected chi connectivity index (χ0v) is 17.8. The highest BCUT2D eigenvalue weighted by atomic mass is 32.2. The summed E-state index contributed by atoms with van der Waals surface area (Å²) in [7, 11) is 0. The fourth-order valence-electron chi connectivity index (χ4n) is 4.40. The summed E-state index contributed by atoms with van der Waals surface area (Å²) in [5.74, 6) is 1.64. The van der Waals surface area contributed by atoms with Gasteiger partial charge < -0.3 is 9.80 Å². The summed E-state index contributed by atoms with van der Waals surface area (Å²) in [6.07, 6.45) is 4.26. The first-order valence-corrected chi connectivity index (χ1v) is 11.4. The second-order valence-corrected chi connectivity index (χ2v) is 9.37. The Labute approximate surface area is 180 Å². The Bertz CT molecular complexity index is 914. The Morgan fingerprint density at radius 3 is 2.53 bits per heavy atom. The number of hydrogen-bond donors (Lipinski definition) is 0. The number of benzene rings is 1. The highest BCUT2D eigenvalue weighted by Crippen LogP contribution is 2.34. The predicted octanol–water partition coefficient (Wildman–Crippen LogP) is 4.16. The van der Waals surface area contributed by atoms with Gasteiger partial charge in [0, 0.05) is 48.8 Å². The number of thioether (sulfide) groups is 1. The van der Waals surface area contributed by atoms with Crippen LogP contribution in [-0.4, -0.2) is 46.7 Å². The van der Waals surface area contributed by atoms with Gasteiger partial charge in [0.05, 0.1) is 5.56 Å². The lowest BCUT2D eigenvalue weighted by Crippen LogP contribution is -2.55. The molecule has 0 aliphatic carbocycles. The van der Waals surface area contributed by atoms with Gasteiger partial charge in [0.25, 0.3) is 0 Å². The average Bonchev–Trinajstić information content (AvgIpc) is 3.03. The maximum Gasteiger partial charge on any atom is 0.223 e. The van der Waals surface area contributed by atoms with Crippen LogP contribution in [0.2, 0.25) is 0 Å². The summed E-state index contributed by atoms with van der Waals surface area (Å²) in [5.41, 5.74) is 1.64. The lowest BCUT2D eigenvalue weighted by Gasteiger charge is -2.41. The molecule has 2 saturated heterocycles. The minimum Gasteiger partial charge on any atom is -0.347 e. The number of aromatic nitrogens is 1. The van der Waals surface area contributed by atoms with E-state index >= 15 is 0 Å². The molecule has 1 amide bonds. The van der Waals surface area contributed by atoms with Crippen molar-refractivity contribution in [2.24, 2.45) is 0 Å². The predicted molar refractivity (Wildman–Crippen MR) is 117 cm³/mol. The van der Waals surface area contributed by atoms with Crippen LogP contribution < -0.4 is 4.90 Å². The Hall–Kier alpha value is -2.59. The molecular formula is C23H25FN4OS. The van der Waals surface area contributed by atoms with Crippen molar-refractivity contribution < 1.29 is 9.18 Å². The third kappa shape index (κ3) is 4.44. The number of nitrogens with zero attached hydrogens (tertiary/aromatic N) is 4. The summed E-state index contributed by atoms with van der Waals surface area (Å²) in [4.78, 5) is 21.6. The number of anilines is 1. The van der Waals surface area contributed by atoms with Gasteiger partial charge in [-0.05, 0) is 49.6 Å². The number of halogens is 1. The molecule has 2 unspecified atom stereocenters. The summed E-state index contributed by atoms with van der Waals surface area (Å²) in [5, 5.41) is 9.20. The first-order chi connectivity index (χ1) is 14.5. The van der Waals surface area contributed by atoms with Crippen molar-refractivity contribution in [1.82, 2.24) is 9.88 Å². The Kier molecular flexibility index (Phi) is 6.24. The van der Waals surface area contributed by atoms with Crippen molar-refractivity contribution in [1.29, 1.82) is 5.26 Å². The van der Waals surface area contributed by atoms with E-state index in [4.69, 9.17) is 5.26 Å². The number of amides is 1. The van der Waals surface area contributed by atoms with Gasteiger partial charge in [0.1, 0.15) is 17.7 Å². The lowest BCUT2D eigenvalue weighted by atomic mass is 10.1. The van der Waals surface area contributed by atoms with Crippen molar-refractivity contribution in [2.75, 3.05) is 23.7 Å². The van der Waals surface area contributed by atoms with Crippen LogP contribution >= 0.6 is 11.8 Å². The van der Waals surface area contributed by atoms with Gasteiger partial charge in [-0.3, -0.25) is 4.79 Å². The summed E-state index contributed by atoms with van der Waals surface area (Å²) < 4.78 is 13.1. The third-order valence-electron chi connectivity index (χ3n) is 6.00. The highest BCUT2D eigenvalue weighted by molar-refractivity contribution is 7.99. The minimum atomic E-state index is -0.226. The second-order valence-electron chi connectivity index (χ2n) is 7.92. The van der Waals surface area contributed by atoms with E-state index in [2.05, 4.69) is 22.9 Å².